The van der Waals surface area contributed by atoms with Crippen LogP contribution in [-0.4, -0.2) is 9.78 Å². The van der Waals surface area contributed by atoms with Gasteiger partial charge in [0.2, 0.25) is 0 Å². The lowest BCUT2D eigenvalue weighted by Crippen LogP contribution is -2.06. The maximum Gasteiger partial charge on any atom is 0.181 e. The fraction of sp³-hybridized carbons (Fsp3) is 0.100. The summed E-state index contributed by atoms with van der Waals surface area (Å²) in [6.45, 7) is 0.110. The summed E-state index contributed by atoms with van der Waals surface area (Å²) < 4.78 is 19.6. The molecule has 1 aromatic heterocycles. The van der Waals surface area contributed by atoms with Crippen molar-refractivity contribution in [3.05, 3.63) is 40.3 Å². The molecule has 4 nitrogen and oxygen atoms in total. The summed E-state index contributed by atoms with van der Waals surface area (Å²) in [7, 11) is 0. The van der Waals surface area contributed by atoms with Crippen LogP contribution >= 0.6 is 23.2 Å². The second-order valence-corrected chi connectivity index (χ2v) is 4.07. The minimum absolute atomic E-state index is 0.000474. The average Bonchev–Trinajstić information content (AvgIpc) is 2.60. The van der Waals surface area contributed by atoms with Crippen LogP contribution in [0.3, 0.4) is 0 Å². The first-order valence-corrected chi connectivity index (χ1v) is 5.38. The summed E-state index contributed by atoms with van der Waals surface area (Å²) in [6, 6.07) is 4.07. The fourth-order valence-corrected chi connectivity index (χ4v) is 1.51. The molecule has 0 aliphatic rings. The Morgan fingerprint density at radius 1 is 1.35 bits per heavy atom. The van der Waals surface area contributed by atoms with Gasteiger partial charge in [-0.05, 0) is 12.1 Å². The van der Waals surface area contributed by atoms with Crippen molar-refractivity contribution < 1.29 is 9.13 Å². The van der Waals surface area contributed by atoms with E-state index in [9.17, 15) is 4.39 Å². The Hall–Kier alpha value is -1.46. The number of aromatic nitrogens is 2. The van der Waals surface area contributed by atoms with E-state index in [1.165, 1.54) is 29.1 Å². The Morgan fingerprint density at radius 2 is 2.12 bits per heavy atom. The van der Waals surface area contributed by atoms with Crippen molar-refractivity contribution in [1.82, 2.24) is 9.78 Å². The molecular formula is C10H8Cl2FN3O. The van der Waals surface area contributed by atoms with Crippen LogP contribution in [0.2, 0.25) is 10.0 Å². The molecule has 2 aromatic rings. The Kier molecular flexibility index (Phi) is 3.40. The molecule has 0 bridgehead atoms. The van der Waals surface area contributed by atoms with E-state index in [1.54, 1.807) is 0 Å². The third kappa shape index (κ3) is 2.81. The van der Waals surface area contributed by atoms with Gasteiger partial charge in [0.15, 0.2) is 12.5 Å². The summed E-state index contributed by atoms with van der Waals surface area (Å²) in [5.41, 5.74) is 5.46. The number of halogens is 3. The Bertz CT molecular complexity index is 525. The van der Waals surface area contributed by atoms with Gasteiger partial charge in [-0.3, -0.25) is 0 Å². The SMILES string of the molecule is Nc1nn(COc2ccc(F)c(Cl)c2)cc1Cl. The van der Waals surface area contributed by atoms with Crippen molar-refractivity contribution in [3.63, 3.8) is 0 Å². The second kappa shape index (κ2) is 4.81. The number of anilines is 1. The summed E-state index contributed by atoms with van der Waals surface area (Å²) in [6.07, 6.45) is 1.53. The van der Waals surface area contributed by atoms with E-state index in [2.05, 4.69) is 5.10 Å². The predicted octanol–water partition coefficient (Wildman–Crippen LogP) is 2.95. The number of nitrogen functional groups attached to an aromatic ring is 1. The second-order valence-electron chi connectivity index (χ2n) is 3.25. The topological polar surface area (TPSA) is 53.1 Å². The molecule has 2 N–H and O–H groups in total. The molecule has 0 atom stereocenters. The van der Waals surface area contributed by atoms with E-state index in [1.807, 2.05) is 0 Å². The number of nitrogens with two attached hydrogens (primary N) is 1. The summed E-state index contributed by atoms with van der Waals surface area (Å²) >= 11 is 11.3. The van der Waals surface area contributed by atoms with Crippen molar-refractivity contribution in [2.45, 2.75) is 6.73 Å². The lowest BCUT2D eigenvalue weighted by Gasteiger charge is -2.06. The van der Waals surface area contributed by atoms with Crippen LogP contribution in [0.4, 0.5) is 10.2 Å². The Labute approximate surface area is 107 Å². The van der Waals surface area contributed by atoms with Crippen LogP contribution in [-0.2, 0) is 6.73 Å². The molecule has 1 aromatic carbocycles. The number of hydrogen-bond donors (Lipinski definition) is 1. The van der Waals surface area contributed by atoms with Crippen molar-refractivity contribution in [1.29, 1.82) is 0 Å². The van der Waals surface area contributed by atoms with Crippen molar-refractivity contribution >= 4 is 29.0 Å². The Balaban J connectivity index is 2.04. The van der Waals surface area contributed by atoms with Crippen LogP contribution in [0.1, 0.15) is 0 Å². The minimum Gasteiger partial charge on any atom is -0.471 e. The third-order valence-corrected chi connectivity index (χ3v) is 2.58. The lowest BCUT2D eigenvalue weighted by atomic mass is 10.3. The first-order valence-electron chi connectivity index (χ1n) is 4.62. The van der Waals surface area contributed by atoms with Crippen LogP contribution in [0.25, 0.3) is 0 Å². The van der Waals surface area contributed by atoms with Gasteiger partial charge < -0.3 is 10.5 Å². The number of benzene rings is 1. The standard InChI is InChI=1S/C10H8Cl2FN3O/c11-7-3-6(1-2-9(7)13)17-5-16-4-8(12)10(14)15-16/h1-4H,5H2,(H2,14,15). The van der Waals surface area contributed by atoms with Crippen molar-refractivity contribution in [2.75, 3.05) is 5.73 Å². The number of ether oxygens (including phenoxy) is 1. The normalized spacial score (nSPS) is 10.5. The molecule has 0 aliphatic heterocycles. The molecule has 0 aliphatic carbocycles. The first kappa shape index (κ1) is 12.0. The smallest absolute Gasteiger partial charge is 0.181 e. The first-order chi connectivity index (χ1) is 8.06. The van der Waals surface area contributed by atoms with Crippen LogP contribution < -0.4 is 10.5 Å². The van der Waals surface area contributed by atoms with E-state index in [4.69, 9.17) is 33.7 Å². The molecule has 0 amide bonds. The molecule has 2 rings (SSSR count). The zero-order valence-corrected chi connectivity index (χ0v) is 10.0. The molecule has 0 spiro atoms. The number of rotatable bonds is 3. The predicted molar refractivity (Wildman–Crippen MR) is 63.7 cm³/mol. The van der Waals surface area contributed by atoms with Crippen molar-refractivity contribution in [2.24, 2.45) is 0 Å². The molecule has 0 unspecified atom stereocenters. The average molecular weight is 276 g/mol. The van der Waals surface area contributed by atoms with Gasteiger partial charge in [-0.2, -0.15) is 5.10 Å². The molecule has 1 heterocycles. The van der Waals surface area contributed by atoms with E-state index < -0.39 is 5.82 Å². The molecule has 0 fully saturated rings. The zero-order chi connectivity index (χ0) is 12.4. The van der Waals surface area contributed by atoms with E-state index in [0.717, 1.165) is 0 Å². The molecule has 0 saturated heterocycles. The van der Waals surface area contributed by atoms with Gasteiger partial charge in [0, 0.05) is 12.3 Å². The van der Waals surface area contributed by atoms with Gasteiger partial charge in [-0.25, -0.2) is 9.07 Å². The zero-order valence-electron chi connectivity index (χ0n) is 8.53. The number of hydrogen-bond acceptors (Lipinski definition) is 3. The Morgan fingerprint density at radius 3 is 2.71 bits per heavy atom. The summed E-state index contributed by atoms with van der Waals surface area (Å²) in [5, 5.41) is 4.25. The maximum absolute atomic E-state index is 12.9. The van der Waals surface area contributed by atoms with Gasteiger partial charge >= 0.3 is 0 Å². The molecule has 17 heavy (non-hydrogen) atoms. The lowest BCUT2D eigenvalue weighted by molar-refractivity contribution is 0.221. The van der Waals surface area contributed by atoms with Gasteiger partial charge in [0.25, 0.3) is 0 Å². The summed E-state index contributed by atoms with van der Waals surface area (Å²) in [5.74, 6) is 0.166. The molecule has 90 valence electrons. The highest BCUT2D eigenvalue weighted by atomic mass is 35.5. The molecule has 0 radical (unpaired) electrons. The quantitative estimate of drug-likeness (QED) is 0.937. The van der Waals surface area contributed by atoms with Crippen molar-refractivity contribution in [3.8, 4) is 5.75 Å². The van der Waals surface area contributed by atoms with E-state index in [-0.39, 0.29) is 17.6 Å². The molecular weight excluding hydrogens is 268 g/mol. The highest BCUT2D eigenvalue weighted by Gasteiger charge is 2.04. The van der Waals surface area contributed by atoms with Gasteiger partial charge in [-0.1, -0.05) is 23.2 Å². The van der Waals surface area contributed by atoms with E-state index >= 15 is 0 Å². The number of nitrogens with zero attached hydrogens (tertiary/aromatic N) is 2. The fourth-order valence-electron chi connectivity index (χ4n) is 1.19. The van der Waals surface area contributed by atoms with Gasteiger partial charge in [0.1, 0.15) is 16.6 Å². The highest BCUT2D eigenvalue weighted by molar-refractivity contribution is 6.32. The van der Waals surface area contributed by atoms with Gasteiger partial charge in [-0.15, -0.1) is 0 Å². The largest absolute Gasteiger partial charge is 0.471 e. The summed E-state index contributed by atoms with van der Waals surface area (Å²) in [4.78, 5) is 0. The van der Waals surface area contributed by atoms with Crippen LogP contribution in [0.15, 0.2) is 24.4 Å². The minimum atomic E-state index is -0.495. The van der Waals surface area contributed by atoms with Crippen LogP contribution in [0, 0.1) is 5.82 Å². The van der Waals surface area contributed by atoms with E-state index in [0.29, 0.717) is 10.8 Å². The molecule has 0 saturated carbocycles. The van der Waals surface area contributed by atoms with Crippen LogP contribution in [0.5, 0.6) is 5.75 Å². The molecule has 7 heteroatoms. The monoisotopic (exact) mass is 275 g/mol. The highest BCUT2D eigenvalue weighted by Crippen LogP contribution is 2.21. The maximum atomic E-state index is 12.9. The van der Waals surface area contributed by atoms with Gasteiger partial charge in [0.05, 0.1) is 5.02 Å². The third-order valence-electron chi connectivity index (χ3n) is 2.00.